The van der Waals surface area contributed by atoms with Gasteiger partial charge >= 0.3 is 0 Å². The van der Waals surface area contributed by atoms with Crippen LogP contribution in [0.4, 0.5) is 0 Å². The number of ether oxygens (including phenoxy) is 2. The minimum Gasteiger partial charge on any atom is -0.353 e. The van der Waals surface area contributed by atoms with Gasteiger partial charge in [0.2, 0.25) is 0 Å². The average molecular weight is 399 g/mol. The predicted molar refractivity (Wildman–Crippen MR) is 125 cm³/mol. The molecule has 0 aliphatic rings. The molecule has 2 nitrogen and oxygen atoms in total. The summed E-state index contributed by atoms with van der Waals surface area (Å²) in [5.41, 5.74) is 0. The van der Waals surface area contributed by atoms with E-state index in [4.69, 9.17) is 9.47 Å². The summed E-state index contributed by atoms with van der Waals surface area (Å²) in [7, 11) is 0. The summed E-state index contributed by atoms with van der Waals surface area (Å²) in [4.78, 5) is 0. The van der Waals surface area contributed by atoms with Crippen LogP contribution in [-0.4, -0.2) is 19.5 Å². The molecule has 0 amide bonds. The Morgan fingerprint density at radius 1 is 0.429 bits per heavy atom. The predicted octanol–water partition coefficient (Wildman–Crippen LogP) is 8.49. The molecule has 0 radical (unpaired) electrons. The first-order chi connectivity index (χ1) is 13.2. The standard InChI is InChI=1S/C26H54O2/c1-21(2)11-9-13-24(7)17-19-27-26(16-15-23(5)6)28-20-18-25(8)14-10-12-22(3)4/h21-26H,9-20H2,1-8H3. The highest BCUT2D eigenvalue weighted by atomic mass is 16.7. The van der Waals surface area contributed by atoms with Gasteiger partial charge in [-0.05, 0) is 55.3 Å². The molecule has 0 fully saturated rings. The summed E-state index contributed by atoms with van der Waals surface area (Å²) >= 11 is 0. The molecular formula is C26H54O2. The van der Waals surface area contributed by atoms with E-state index >= 15 is 0 Å². The molecule has 0 saturated carbocycles. The Morgan fingerprint density at radius 3 is 1.18 bits per heavy atom. The zero-order chi connectivity index (χ0) is 21.4. The Kier molecular flexibility index (Phi) is 17.7. The Balaban J connectivity index is 4.04. The smallest absolute Gasteiger partial charge is 0.157 e. The van der Waals surface area contributed by atoms with E-state index in [0.717, 1.165) is 56.1 Å². The maximum atomic E-state index is 6.16. The monoisotopic (exact) mass is 398 g/mol. The lowest BCUT2D eigenvalue weighted by Crippen LogP contribution is -2.21. The Bertz CT molecular complexity index is 298. The number of hydrogen-bond donors (Lipinski definition) is 0. The van der Waals surface area contributed by atoms with Crippen molar-refractivity contribution in [3.63, 3.8) is 0 Å². The van der Waals surface area contributed by atoms with Crippen molar-refractivity contribution in [2.45, 2.75) is 126 Å². The van der Waals surface area contributed by atoms with E-state index in [9.17, 15) is 0 Å². The van der Waals surface area contributed by atoms with Gasteiger partial charge in [-0.1, -0.05) is 93.9 Å². The van der Waals surface area contributed by atoms with E-state index in [0.29, 0.717) is 5.92 Å². The van der Waals surface area contributed by atoms with E-state index < -0.39 is 0 Å². The van der Waals surface area contributed by atoms with Crippen molar-refractivity contribution < 1.29 is 9.47 Å². The molecule has 0 aromatic carbocycles. The lowest BCUT2D eigenvalue weighted by atomic mass is 9.97. The first kappa shape index (κ1) is 27.9. The SMILES string of the molecule is CC(C)CCCC(C)CCOC(CCC(C)C)OCCC(C)CCCC(C)C. The summed E-state index contributed by atoms with van der Waals surface area (Å²) in [5, 5.41) is 0. The van der Waals surface area contributed by atoms with Crippen LogP contribution in [0, 0.1) is 29.6 Å². The summed E-state index contributed by atoms with van der Waals surface area (Å²) in [6, 6.07) is 0. The lowest BCUT2D eigenvalue weighted by Gasteiger charge is -2.22. The molecule has 0 aliphatic carbocycles. The Morgan fingerprint density at radius 2 is 0.821 bits per heavy atom. The molecule has 0 aromatic rings. The summed E-state index contributed by atoms with van der Waals surface area (Å²) in [5.74, 6) is 3.87. The van der Waals surface area contributed by atoms with Crippen LogP contribution < -0.4 is 0 Å². The highest BCUT2D eigenvalue weighted by Gasteiger charge is 2.13. The van der Waals surface area contributed by atoms with Crippen LogP contribution in [0.5, 0.6) is 0 Å². The first-order valence-electron chi connectivity index (χ1n) is 12.4. The molecule has 2 atom stereocenters. The van der Waals surface area contributed by atoms with Gasteiger partial charge in [0, 0.05) is 13.2 Å². The molecule has 0 aliphatic heterocycles. The third kappa shape index (κ3) is 19.2. The largest absolute Gasteiger partial charge is 0.353 e. The highest BCUT2D eigenvalue weighted by molar-refractivity contribution is 4.58. The molecule has 28 heavy (non-hydrogen) atoms. The van der Waals surface area contributed by atoms with Crippen molar-refractivity contribution in [2.24, 2.45) is 29.6 Å². The third-order valence-electron chi connectivity index (χ3n) is 5.77. The van der Waals surface area contributed by atoms with Gasteiger partial charge in [0.25, 0.3) is 0 Å². The van der Waals surface area contributed by atoms with Crippen molar-refractivity contribution >= 4 is 0 Å². The molecule has 0 bridgehead atoms. The fraction of sp³-hybridized carbons (Fsp3) is 1.00. The lowest BCUT2D eigenvalue weighted by molar-refractivity contribution is -0.151. The Labute approximate surface area is 178 Å². The van der Waals surface area contributed by atoms with Crippen LogP contribution in [0.25, 0.3) is 0 Å². The fourth-order valence-corrected chi connectivity index (χ4v) is 3.52. The number of rotatable bonds is 19. The average Bonchev–Trinajstić information content (AvgIpc) is 2.58. The van der Waals surface area contributed by atoms with Crippen LogP contribution in [0.2, 0.25) is 0 Å². The minimum atomic E-state index is -0.00636. The van der Waals surface area contributed by atoms with Crippen LogP contribution >= 0.6 is 0 Å². The normalized spacial score (nSPS) is 15.5. The molecule has 0 heterocycles. The van der Waals surface area contributed by atoms with Crippen molar-refractivity contribution in [3.8, 4) is 0 Å². The number of hydrogen-bond acceptors (Lipinski definition) is 2. The van der Waals surface area contributed by atoms with Gasteiger partial charge in [-0.3, -0.25) is 0 Å². The first-order valence-corrected chi connectivity index (χ1v) is 12.4. The van der Waals surface area contributed by atoms with Crippen LogP contribution in [-0.2, 0) is 9.47 Å². The molecule has 0 rings (SSSR count). The molecule has 0 aromatic heterocycles. The second-order valence-electron chi connectivity index (χ2n) is 10.6. The van der Waals surface area contributed by atoms with Gasteiger partial charge < -0.3 is 9.47 Å². The fourth-order valence-electron chi connectivity index (χ4n) is 3.52. The van der Waals surface area contributed by atoms with Gasteiger partial charge in [-0.25, -0.2) is 0 Å². The van der Waals surface area contributed by atoms with Crippen LogP contribution in [0.15, 0.2) is 0 Å². The molecule has 0 saturated heterocycles. The van der Waals surface area contributed by atoms with Crippen molar-refractivity contribution in [1.82, 2.24) is 0 Å². The van der Waals surface area contributed by atoms with E-state index in [2.05, 4.69) is 55.4 Å². The Hall–Kier alpha value is -0.0800. The van der Waals surface area contributed by atoms with E-state index in [1.165, 1.54) is 44.9 Å². The maximum absolute atomic E-state index is 6.16. The molecule has 0 N–H and O–H groups in total. The van der Waals surface area contributed by atoms with E-state index in [-0.39, 0.29) is 6.29 Å². The quantitative estimate of drug-likeness (QED) is 0.203. The van der Waals surface area contributed by atoms with E-state index in [1.54, 1.807) is 0 Å². The second-order valence-corrected chi connectivity index (χ2v) is 10.6. The zero-order valence-electron chi connectivity index (χ0n) is 20.8. The van der Waals surface area contributed by atoms with Gasteiger partial charge in [0.1, 0.15) is 0 Å². The minimum absolute atomic E-state index is 0.00636. The second kappa shape index (κ2) is 17.8. The van der Waals surface area contributed by atoms with Crippen molar-refractivity contribution in [3.05, 3.63) is 0 Å². The summed E-state index contributed by atoms with van der Waals surface area (Å²) < 4.78 is 12.3. The molecule has 0 spiro atoms. The van der Waals surface area contributed by atoms with Crippen LogP contribution in [0.3, 0.4) is 0 Å². The highest BCUT2D eigenvalue weighted by Crippen LogP contribution is 2.19. The molecule has 2 unspecified atom stereocenters. The van der Waals surface area contributed by atoms with Crippen LogP contribution in [0.1, 0.15) is 120 Å². The topological polar surface area (TPSA) is 18.5 Å². The van der Waals surface area contributed by atoms with Crippen molar-refractivity contribution in [1.29, 1.82) is 0 Å². The molecular weight excluding hydrogens is 344 g/mol. The van der Waals surface area contributed by atoms with Gasteiger partial charge in [-0.2, -0.15) is 0 Å². The van der Waals surface area contributed by atoms with Crippen molar-refractivity contribution in [2.75, 3.05) is 13.2 Å². The maximum Gasteiger partial charge on any atom is 0.157 e. The zero-order valence-corrected chi connectivity index (χ0v) is 20.8. The van der Waals surface area contributed by atoms with Gasteiger partial charge in [0.05, 0.1) is 0 Å². The molecule has 170 valence electrons. The summed E-state index contributed by atoms with van der Waals surface area (Å²) in [6.45, 7) is 20.2. The third-order valence-corrected chi connectivity index (χ3v) is 5.77. The van der Waals surface area contributed by atoms with Gasteiger partial charge in [0.15, 0.2) is 6.29 Å². The molecule has 2 heteroatoms. The van der Waals surface area contributed by atoms with E-state index in [1.807, 2.05) is 0 Å². The summed E-state index contributed by atoms with van der Waals surface area (Å²) in [6.07, 6.45) is 12.6. The van der Waals surface area contributed by atoms with Gasteiger partial charge in [-0.15, -0.1) is 0 Å².